The van der Waals surface area contributed by atoms with Gasteiger partial charge >= 0.3 is 0 Å². The van der Waals surface area contributed by atoms with Gasteiger partial charge in [0, 0.05) is 40.2 Å². The maximum absolute atomic E-state index is 14.2. The smallest absolute Gasteiger partial charge is 0.252 e. The Kier molecular flexibility index (Phi) is 17.4. The molecule has 0 aromatic heterocycles. The highest BCUT2D eigenvalue weighted by molar-refractivity contribution is 5.94. The summed E-state index contributed by atoms with van der Waals surface area (Å²) in [5, 5.41) is 17.0. The van der Waals surface area contributed by atoms with Gasteiger partial charge in [-0.05, 0) is 35.8 Å². The number of methoxy groups -OCH3 is 2. The van der Waals surface area contributed by atoms with Gasteiger partial charge in [-0.1, -0.05) is 88.4 Å². The monoisotopic (exact) mass is 864 g/mol. The van der Waals surface area contributed by atoms with Crippen molar-refractivity contribution >= 4 is 35.4 Å². The molecule has 18 heteroatoms. The van der Waals surface area contributed by atoms with Gasteiger partial charge in [0.05, 0.1) is 24.3 Å². The highest BCUT2D eigenvalue weighted by atomic mass is 16.6. The fourth-order valence-electron chi connectivity index (χ4n) is 8.12. The van der Waals surface area contributed by atoms with Crippen LogP contribution in [0.2, 0.25) is 0 Å². The van der Waals surface area contributed by atoms with Crippen molar-refractivity contribution < 1.29 is 47.7 Å². The van der Waals surface area contributed by atoms with Crippen LogP contribution in [0.4, 0.5) is 0 Å². The Morgan fingerprint density at radius 3 is 1.19 bits per heavy atom. The third-order valence-electron chi connectivity index (χ3n) is 11.4. The fraction of sp³-hybridized carbons (Fsp3) is 0.591. The van der Waals surface area contributed by atoms with Crippen molar-refractivity contribution in [2.45, 2.75) is 126 Å². The topological polar surface area (TPSA) is 264 Å². The highest BCUT2D eigenvalue weighted by Crippen LogP contribution is 2.25. The molecule has 3 saturated heterocycles. The molecular weight excluding hydrogens is 801 g/mol. The van der Waals surface area contributed by atoms with Gasteiger partial charge in [0.15, 0.2) is 12.2 Å². The first kappa shape index (κ1) is 48.1. The second-order valence-electron chi connectivity index (χ2n) is 17.1. The van der Waals surface area contributed by atoms with Crippen LogP contribution < -0.4 is 43.4 Å². The van der Waals surface area contributed by atoms with E-state index in [0.717, 1.165) is 11.1 Å². The fourth-order valence-corrected chi connectivity index (χ4v) is 8.12. The van der Waals surface area contributed by atoms with Crippen LogP contribution in [-0.4, -0.2) is 136 Å². The molecule has 340 valence electrons. The van der Waals surface area contributed by atoms with Crippen molar-refractivity contribution in [3.05, 3.63) is 71.8 Å². The maximum Gasteiger partial charge on any atom is 0.252 e. The second kappa shape index (κ2) is 22.4. The molecule has 5 rings (SSSR count). The van der Waals surface area contributed by atoms with Crippen LogP contribution in [0.15, 0.2) is 60.7 Å². The van der Waals surface area contributed by atoms with E-state index >= 15 is 0 Å². The first-order valence-electron chi connectivity index (χ1n) is 21.3. The quantitative estimate of drug-likeness (QED) is 0.143. The summed E-state index contributed by atoms with van der Waals surface area (Å²) in [4.78, 5) is 84.1. The first-order chi connectivity index (χ1) is 29.6. The minimum atomic E-state index is -1.27. The lowest BCUT2D eigenvalue weighted by molar-refractivity contribution is -0.141. The van der Waals surface area contributed by atoms with Gasteiger partial charge in [0.1, 0.15) is 36.4 Å². The summed E-state index contributed by atoms with van der Waals surface area (Å²) in [6, 6.07) is 12.0. The summed E-state index contributed by atoms with van der Waals surface area (Å²) in [6.07, 6.45) is -5.62. The Labute approximate surface area is 363 Å². The Hall–Kier alpha value is -4.98. The van der Waals surface area contributed by atoms with Crippen molar-refractivity contribution in [1.29, 1.82) is 0 Å². The largest absolute Gasteiger partial charge is 0.376 e. The molecule has 0 unspecified atom stereocenters. The predicted octanol–water partition coefficient (Wildman–Crippen LogP) is -1.03. The van der Waals surface area contributed by atoms with E-state index in [9.17, 15) is 28.8 Å². The molecule has 18 nitrogen and oxygen atoms in total. The minimum absolute atomic E-state index is 0.0362. The third kappa shape index (κ3) is 12.6. The number of benzene rings is 2. The van der Waals surface area contributed by atoms with E-state index in [4.69, 9.17) is 30.4 Å². The molecule has 6 amide bonds. The van der Waals surface area contributed by atoms with Gasteiger partial charge in [-0.2, -0.15) is 0 Å². The zero-order valence-corrected chi connectivity index (χ0v) is 36.3. The number of hydrogen-bond donors (Lipinski definition) is 8. The molecule has 3 fully saturated rings. The number of ether oxygens (including phenoxy) is 4. The molecule has 4 bridgehead atoms. The number of nitrogens with one attached hydrogen (secondary N) is 6. The summed E-state index contributed by atoms with van der Waals surface area (Å²) >= 11 is 0. The Morgan fingerprint density at radius 1 is 0.532 bits per heavy atom. The van der Waals surface area contributed by atoms with E-state index in [1.54, 1.807) is 24.3 Å². The second-order valence-corrected chi connectivity index (χ2v) is 17.1. The first-order valence-corrected chi connectivity index (χ1v) is 21.3. The normalized spacial score (nSPS) is 32.0. The number of fused-ring (bicyclic) bond motifs is 4. The van der Waals surface area contributed by atoms with E-state index in [1.165, 1.54) is 14.2 Å². The van der Waals surface area contributed by atoms with E-state index in [0.29, 0.717) is 0 Å². The van der Waals surface area contributed by atoms with Gasteiger partial charge in [-0.3, -0.25) is 28.8 Å². The van der Waals surface area contributed by atoms with Crippen LogP contribution in [0.5, 0.6) is 0 Å². The summed E-state index contributed by atoms with van der Waals surface area (Å²) in [5.74, 6) is -3.73. The van der Waals surface area contributed by atoms with Crippen molar-refractivity contribution in [2.75, 3.05) is 27.3 Å². The Balaban J connectivity index is 1.48. The van der Waals surface area contributed by atoms with Gasteiger partial charge in [-0.25, -0.2) is 0 Å². The van der Waals surface area contributed by atoms with Crippen molar-refractivity contribution in [2.24, 2.45) is 23.3 Å². The number of rotatable bonds is 10. The van der Waals surface area contributed by atoms with Crippen LogP contribution >= 0.6 is 0 Å². The molecule has 2 aromatic carbocycles. The number of hydrogen-bond acceptors (Lipinski definition) is 12. The lowest BCUT2D eigenvalue weighted by Crippen LogP contribution is -2.58. The molecule has 0 saturated carbocycles. The van der Waals surface area contributed by atoms with Crippen molar-refractivity contribution in [3.63, 3.8) is 0 Å². The maximum atomic E-state index is 14.2. The number of nitrogens with two attached hydrogens (primary N) is 2. The van der Waals surface area contributed by atoms with E-state index in [1.807, 2.05) is 64.1 Å². The summed E-state index contributed by atoms with van der Waals surface area (Å²) in [6.45, 7) is 7.32. The van der Waals surface area contributed by atoms with Gasteiger partial charge in [-0.15, -0.1) is 0 Å². The van der Waals surface area contributed by atoms with E-state index in [2.05, 4.69) is 31.9 Å². The molecule has 10 N–H and O–H groups in total. The molecule has 3 heterocycles. The Morgan fingerprint density at radius 2 is 0.871 bits per heavy atom. The van der Waals surface area contributed by atoms with Gasteiger partial charge < -0.3 is 62.3 Å². The molecular formula is C44H64N8O10. The van der Waals surface area contributed by atoms with E-state index < -0.39 is 108 Å². The van der Waals surface area contributed by atoms with Gasteiger partial charge in [0.25, 0.3) is 11.8 Å². The SMILES string of the molecule is CO[C@@H]1[C@H](N)[C@H]2CNC(=O)[C@H](CC(C)C)NC(=O)[C@H](Cc3ccccc3)NC(=O)[C@H]3O[C@H](CNC(=O)[C@H](CC(C)C)NC(=O)[C@H](Cc4ccccc4)NC(=O)[C@H]1O2)[C@@H](N)[C@H]3OC. The number of carbonyl (C=O) groups excluding carboxylic acids is 6. The lowest BCUT2D eigenvalue weighted by atomic mass is 9.99. The molecule has 0 spiro atoms. The van der Waals surface area contributed by atoms with Crippen LogP contribution in [0.25, 0.3) is 0 Å². The van der Waals surface area contributed by atoms with E-state index in [-0.39, 0.29) is 50.6 Å². The van der Waals surface area contributed by atoms with Crippen LogP contribution in [0, 0.1) is 11.8 Å². The summed E-state index contributed by atoms with van der Waals surface area (Å²) < 4.78 is 23.6. The van der Waals surface area contributed by atoms with Gasteiger partial charge in [0.2, 0.25) is 23.6 Å². The lowest BCUT2D eigenvalue weighted by Gasteiger charge is -2.27. The molecule has 62 heavy (non-hydrogen) atoms. The van der Waals surface area contributed by atoms with Crippen molar-refractivity contribution in [3.8, 4) is 0 Å². The number of carbonyl (C=O) groups is 6. The molecule has 12 atom stereocenters. The van der Waals surface area contributed by atoms with Crippen LogP contribution in [0.1, 0.15) is 51.7 Å². The third-order valence-corrected chi connectivity index (χ3v) is 11.4. The average molecular weight is 865 g/mol. The highest BCUT2D eigenvalue weighted by Gasteiger charge is 2.49. The number of amides is 6. The molecule has 3 aliphatic rings. The zero-order chi connectivity index (χ0) is 45.1. The minimum Gasteiger partial charge on any atom is -0.376 e. The summed E-state index contributed by atoms with van der Waals surface area (Å²) in [7, 11) is 2.76. The molecule has 2 aromatic rings. The standard InChI is InChI=1S/C44H64N8O10/c1-23(2)17-27-39(53)47-21-31-33(45)35(59-5)38(61-31)44(58)52-30(20-26-15-11-8-12-16-26)42(56)50-28(18-24(3)4)40(54)48-22-32-34(46)36(60-6)37(62-32)43(57)51-29(41(55)49-27)19-25-13-9-7-10-14-25/h7-16,23-24,27-38H,17-22,45-46H2,1-6H3,(H,47,53)(H,48,54)(H,49,55)(H,50,56)(H,51,57)(H,52,58)/t27-,28-,29-,30-,31+,32+,33+,34+,35+,36+,37-,38-/m0/s1. The Bertz CT molecular complexity index is 1710. The summed E-state index contributed by atoms with van der Waals surface area (Å²) in [5.41, 5.74) is 14.6. The molecule has 0 aliphatic carbocycles. The average Bonchev–Trinajstić information content (AvgIpc) is 3.74. The zero-order valence-electron chi connectivity index (χ0n) is 36.3. The van der Waals surface area contributed by atoms with Crippen molar-refractivity contribution in [1.82, 2.24) is 31.9 Å². The molecule has 3 aliphatic heterocycles. The molecule has 0 radical (unpaired) electrons. The van der Waals surface area contributed by atoms with Crippen LogP contribution in [0.3, 0.4) is 0 Å². The van der Waals surface area contributed by atoms with Crippen LogP contribution in [-0.2, 0) is 60.6 Å². The predicted molar refractivity (Wildman–Crippen MR) is 228 cm³/mol.